The number of rotatable bonds is 1. The average Bonchev–Trinajstić information content (AvgIpc) is 2.15. The molecule has 82 valence electrons. The second-order valence-corrected chi connectivity index (χ2v) is 3.63. The van der Waals surface area contributed by atoms with Gasteiger partial charge in [-0.2, -0.15) is 9.97 Å². The van der Waals surface area contributed by atoms with E-state index in [9.17, 15) is 4.79 Å². The number of nitrogens with zero attached hydrogens (tertiary/aromatic N) is 2. The van der Waals surface area contributed by atoms with Gasteiger partial charge in [-0.3, -0.25) is 4.98 Å². The Kier molecular flexibility index (Phi) is 2.44. The maximum Gasteiger partial charge on any atom is 0.349 e. The quantitative estimate of drug-likeness (QED) is 0.745. The Morgan fingerprint density at radius 3 is 2.38 bits per heavy atom. The van der Waals surface area contributed by atoms with Crippen LogP contribution in [0.25, 0.3) is 11.4 Å². The molecule has 0 fully saturated rings. The smallest absolute Gasteiger partial charge is 0.349 e. The summed E-state index contributed by atoms with van der Waals surface area (Å²) in [5.41, 5.74) is 7.94. The molecule has 0 aliphatic rings. The van der Waals surface area contributed by atoms with E-state index in [0.29, 0.717) is 5.82 Å². The zero-order valence-corrected chi connectivity index (χ0v) is 9.11. The number of benzene rings is 1. The lowest BCUT2D eigenvalue weighted by Crippen LogP contribution is -2.16. The van der Waals surface area contributed by atoms with Crippen molar-refractivity contribution in [1.82, 2.24) is 15.0 Å². The molecule has 3 N–H and O–H groups in total. The summed E-state index contributed by atoms with van der Waals surface area (Å²) in [7, 11) is 0. The van der Waals surface area contributed by atoms with E-state index in [1.807, 2.05) is 32.0 Å². The van der Waals surface area contributed by atoms with Crippen LogP contribution in [0.4, 0.5) is 5.95 Å². The Bertz CT molecular complexity index is 569. The van der Waals surface area contributed by atoms with E-state index in [4.69, 9.17) is 5.73 Å². The molecule has 2 rings (SSSR count). The number of hydrogen-bond acceptors (Lipinski definition) is 4. The molecular formula is C11H12N4O. The summed E-state index contributed by atoms with van der Waals surface area (Å²) in [6.45, 7) is 3.91. The number of aryl methyl sites for hydroxylation is 2. The molecule has 1 aromatic heterocycles. The topological polar surface area (TPSA) is 84.7 Å². The largest absolute Gasteiger partial charge is 0.368 e. The van der Waals surface area contributed by atoms with Crippen molar-refractivity contribution in [1.29, 1.82) is 0 Å². The summed E-state index contributed by atoms with van der Waals surface area (Å²) in [5.74, 6) is 0.453. The minimum Gasteiger partial charge on any atom is -0.368 e. The monoisotopic (exact) mass is 216 g/mol. The highest BCUT2D eigenvalue weighted by Gasteiger charge is 2.08. The summed E-state index contributed by atoms with van der Waals surface area (Å²) in [6, 6.07) is 5.87. The van der Waals surface area contributed by atoms with E-state index in [-0.39, 0.29) is 5.95 Å². The third kappa shape index (κ3) is 1.79. The minimum absolute atomic E-state index is 0.0126. The molecule has 0 saturated carbocycles. The van der Waals surface area contributed by atoms with Crippen LogP contribution in [0.1, 0.15) is 11.1 Å². The van der Waals surface area contributed by atoms with E-state index >= 15 is 0 Å². The maximum absolute atomic E-state index is 11.2. The van der Waals surface area contributed by atoms with Crippen LogP contribution < -0.4 is 11.4 Å². The molecule has 5 heteroatoms. The van der Waals surface area contributed by atoms with Gasteiger partial charge in [0.25, 0.3) is 0 Å². The van der Waals surface area contributed by atoms with E-state index in [0.717, 1.165) is 16.7 Å². The first kappa shape index (κ1) is 10.4. The number of nitrogens with two attached hydrogens (primary N) is 1. The second kappa shape index (κ2) is 3.77. The fourth-order valence-corrected chi connectivity index (χ4v) is 1.71. The molecule has 0 aliphatic heterocycles. The van der Waals surface area contributed by atoms with E-state index < -0.39 is 5.69 Å². The first-order chi connectivity index (χ1) is 7.58. The van der Waals surface area contributed by atoms with Crippen LogP contribution in [0.15, 0.2) is 23.0 Å². The van der Waals surface area contributed by atoms with Gasteiger partial charge in [-0.25, -0.2) is 4.79 Å². The maximum atomic E-state index is 11.2. The molecular weight excluding hydrogens is 204 g/mol. The van der Waals surface area contributed by atoms with Gasteiger partial charge in [0.2, 0.25) is 5.95 Å². The molecule has 0 atom stereocenters. The lowest BCUT2D eigenvalue weighted by Gasteiger charge is -2.08. The van der Waals surface area contributed by atoms with Crippen molar-refractivity contribution in [2.45, 2.75) is 13.8 Å². The van der Waals surface area contributed by atoms with Gasteiger partial charge < -0.3 is 5.73 Å². The standard InChI is InChI=1S/C11H12N4O/c1-6-4-3-5-7(2)8(6)9-13-10(12)15-11(16)14-9/h3-5H,1-2H3,(H3,12,13,14,15,16). The molecule has 1 aromatic carbocycles. The highest BCUT2D eigenvalue weighted by molar-refractivity contribution is 5.64. The van der Waals surface area contributed by atoms with E-state index in [1.54, 1.807) is 0 Å². The van der Waals surface area contributed by atoms with Gasteiger partial charge >= 0.3 is 5.69 Å². The number of anilines is 1. The van der Waals surface area contributed by atoms with Gasteiger partial charge in [-0.05, 0) is 25.0 Å². The third-order valence-corrected chi connectivity index (χ3v) is 2.39. The number of H-pyrrole nitrogens is 1. The van der Waals surface area contributed by atoms with E-state index in [1.165, 1.54) is 0 Å². The van der Waals surface area contributed by atoms with Crippen LogP contribution in [-0.4, -0.2) is 15.0 Å². The van der Waals surface area contributed by atoms with Crippen LogP contribution in [0.2, 0.25) is 0 Å². The van der Waals surface area contributed by atoms with Crippen molar-refractivity contribution >= 4 is 5.95 Å². The minimum atomic E-state index is -0.481. The average molecular weight is 216 g/mol. The molecule has 0 spiro atoms. The molecule has 5 nitrogen and oxygen atoms in total. The summed E-state index contributed by atoms with van der Waals surface area (Å²) in [4.78, 5) is 21.3. The fraction of sp³-hybridized carbons (Fsp3) is 0.182. The van der Waals surface area contributed by atoms with Crippen molar-refractivity contribution in [2.75, 3.05) is 5.73 Å². The predicted octanol–water partition coefficient (Wildman–Crippen LogP) is 1.03. The summed E-state index contributed by atoms with van der Waals surface area (Å²) in [6.07, 6.45) is 0. The molecule has 16 heavy (non-hydrogen) atoms. The van der Waals surface area contributed by atoms with Crippen molar-refractivity contribution < 1.29 is 0 Å². The van der Waals surface area contributed by atoms with Crippen molar-refractivity contribution in [3.63, 3.8) is 0 Å². The number of nitrogens with one attached hydrogen (secondary N) is 1. The molecule has 0 aliphatic carbocycles. The van der Waals surface area contributed by atoms with Gasteiger partial charge in [-0.1, -0.05) is 18.2 Å². The molecule has 0 amide bonds. The molecule has 1 heterocycles. The van der Waals surface area contributed by atoms with Gasteiger partial charge in [0.15, 0.2) is 0 Å². The lowest BCUT2D eigenvalue weighted by atomic mass is 10.0. The summed E-state index contributed by atoms with van der Waals surface area (Å²) in [5, 5.41) is 0. The van der Waals surface area contributed by atoms with Crippen LogP contribution in [0.5, 0.6) is 0 Å². The molecule has 0 bridgehead atoms. The Labute approximate surface area is 92.4 Å². The SMILES string of the molecule is Cc1cccc(C)c1-c1nc(N)nc(=O)[nH]1. The number of aromatic amines is 1. The van der Waals surface area contributed by atoms with Crippen molar-refractivity contribution in [3.05, 3.63) is 39.8 Å². The molecule has 2 aromatic rings. The Morgan fingerprint density at radius 2 is 1.81 bits per heavy atom. The number of hydrogen-bond donors (Lipinski definition) is 2. The normalized spacial score (nSPS) is 10.4. The number of nitrogen functional groups attached to an aromatic ring is 1. The first-order valence-electron chi connectivity index (χ1n) is 4.88. The van der Waals surface area contributed by atoms with Gasteiger partial charge in [0.1, 0.15) is 5.82 Å². The van der Waals surface area contributed by atoms with E-state index in [2.05, 4.69) is 15.0 Å². The highest BCUT2D eigenvalue weighted by atomic mass is 16.1. The van der Waals surface area contributed by atoms with Crippen molar-refractivity contribution in [2.24, 2.45) is 0 Å². The van der Waals surface area contributed by atoms with Crippen LogP contribution in [0, 0.1) is 13.8 Å². The zero-order valence-electron chi connectivity index (χ0n) is 9.11. The number of aromatic nitrogens is 3. The van der Waals surface area contributed by atoms with Crippen LogP contribution >= 0.6 is 0 Å². The molecule has 0 radical (unpaired) electrons. The third-order valence-electron chi connectivity index (χ3n) is 2.39. The summed E-state index contributed by atoms with van der Waals surface area (Å²) >= 11 is 0. The summed E-state index contributed by atoms with van der Waals surface area (Å²) < 4.78 is 0. The Morgan fingerprint density at radius 1 is 1.19 bits per heavy atom. The van der Waals surface area contributed by atoms with Gasteiger partial charge in [-0.15, -0.1) is 0 Å². The first-order valence-corrected chi connectivity index (χ1v) is 4.88. The highest BCUT2D eigenvalue weighted by Crippen LogP contribution is 2.22. The zero-order chi connectivity index (χ0) is 11.7. The Hall–Kier alpha value is -2.17. The van der Waals surface area contributed by atoms with Gasteiger partial charge in [0.05, 0.1) is 0 Å². The van der Waals surface area contributed by atoms with Crippen LogP contribution in [0.3, 0.4) is 0 Å². The Balaban J connectivity index is 2.72. The van der Waals surface area contributed by atoms with Gasteiger partial charge in [0, 0.05) is 5.56 Å². The molecule has 0 saturated heterocycles. The predicted molar refractivity (Wildman–Crippen MR) is 62.0 cm³/mol. The molecule has 0 unspecified atom stereocenters. The van der Waals surface area contributed by atoms with Crippen molar-refractivity contribution in [3.8, 4) is 11.4 Å². The van der Waals surface area contributed by atoms with Crippen LogP contribution in [-0.2, 0) is 0 Å². The fourth-order valence-electron chi connectivity index (χ4n) is 1.71. The second-order valence-electron chi connectivity index (χ2n) is 3.63. The lowest BCUT2D eigenvalue weighted by molar-refractivity contribution is 1.00.